The molecule has 0 spiro atoms. The van der Waals surface area contributed by atoms with Crippen LogP contribution in [0.1, 0.15) is 0 Å². The zero-order valence-corrected chi connectivity index (χ0v) is 8.31. The van der Waals surface area contributed by atoms with Gasteiger partial charge in [0.05, 0.1) is 11.6 Å². The van der Waals surface area contributed by atoms with Crippen molar-refractivity contribution in [2.24, 2.45) is 0 Å². The molecule has 0 atom stereocenters. The Bertz CT molecular complexity index is 461. The lowest BCUT2D eigenvalue weighted by Crippen LogP contribution is -2.43. The first-order chi connectivity index (χ1) is 7.43. The standard InChI is InChI=1S/C10H12N4O/c1-2-9(14-5-3-11-4-6-14)13-10-8(1)7-12-15-10/h1-2,7,11H,3-6H2. The van der Waals surface area contributed by atoms with Gasteiger partial charge in [-0.05, 0) is 12.1 Å². The molecule has 0 unspecified atom stereocenters. The molecule has 0 aromatic carbocycles. The monoisotopic (exact) mass is 204 g/mol. The van der Waals surface area contributed by atoms with Crippen LogP contribution in [-0.4, -0.2) is 36.3 Å². The van der Waals surface area contributed by atoms with Gasteiger partial charge in [-0.25, -0.2) is 0 Å². The number of pyridine rings is 1. The fourth-order valence-electron chi connectivity index (χ4n) is 1.82. The average molecular weight is 204 g/mol. The zero-order valence-electron chi connectivity index (χ0n) is 8.31. The number of anilines is 1. The van der Waals surface area contributed by atoms with Gasteiger partial charge >= 0.3 is 0 Å². The summed E-state index contributed by atoms with van der Waals surface area (Å²) in [4.78, 5) is 6.68. The molecule has 0 aliphatic carbocycles. The maximum absolute atomic E-state index is 5.05. The number of hydrogen-bond donors (Lipinski definition) is 1. The number of fused-ring (bicyclic) bond motifs is 1. The smallest absolute Gasteiger partial charge is 0.259 e. The minimum absolute atomic E-state index is 0.617. The summed E-state index contributed by atoms with van der Waals surface area (Å²) >= 11 is 0. The van der Waals surface area contributed by atoms with Crippen LogP contribution in [0.25, 0.3) is 11.1 Å². The largest absolute Gasteiger partial charge is 0.354 e. The van der Waals surface area contributed by atoms with Gasteiger partial charge in [0.15, 0.2) is 0 Å². The lowest BCUT2D eigenvalue weighted by Gasteiger charge is -2.28. The van der Waals surface area contributed by atoms with E-state index in [1.807, 2.05) is 12.1 Å². The third-order valence-corrected chi connectivity index (χ3v) is 2.65. The van der Waals surface area contributed by atoms with Gasteiger partial charge in [-0.1, -0.05) is 5.16 Å². The maximum Gasteiger partial charge on any atom is 0.259 e. The van der Waals surface area contributed by atoms with E-state index in [1.54, 1.807) is 6.20 Å². The molecule has 0 radical (unpaired) electrons. The Morgan fingerprint density at radius 1 is 1.27 bits per heavy atom. The Morgan fingerprint density at radius 2 is 2.13 bits per heavy atom. The maximum atomic E-state index is 5.05. The summed E-state index contributed by atoms with van der Waals surface area (Å²) in [6.45, 7) is 4.01. The number of nitrogens with zero attached hydrogens (tertiary/aromatic N) is 3. The number of nitrogens with one attached hydrogen (secondary N) is 1. The van der Waals surface area contributed by atoms with Gasteiger partial charge in [0, 0.05) is 26.2 Å². The molecule has 0 amide bonds. The Hall–Kier alpha value is -1.62. The lowest BCUT2D eigenvalue weighted by molar-refractivity contribution is 0.448. The van der Waals surface area contributed by atoms with Gasteiger partial charge in [0.2, 0.25) is 0 Å². The summed E-state index contributed by atoms with van der Waals surface area (Å²) in [5, 5.41) is 7.98. The number of hydrogen-bond acceptors (Lipinski definition) is 5. The zero-order chi connectivity index (χ0) is 10.1. The molecule has 0 bridgehead atoms. The van der Waals surface area contributed by atoms with E-state index in [2.05, 4.69) is 20.4 Å². The molecule has 5 heteroatoms. The quantitative estimate of drug-likeness (QED) is 0.738. The third kappa shape index (κ3) is 1.55. The molecule has 1 N–H and O–H groups in total. The van der Waals surface area contributed by atoms with Crippen molar-refractivity contribution in [2.45, 2.75) is 0 Å². The van der Waals surface area contributed by atoms with Crippen LogP contribution in [0.3, 0.4) is 0 Å². The number of aromatic nitrogens is 2. The fourth-order valence-corrected chi connectivity index (χ4v) is 1.82. The van der Waals surface area contributed by atoms with Gasteiger partial charge in [0.25, 0.3) is 5.71 Å². The van der Waals surface area contributed by atoms with Gasteiger partial charge in [0.1, 0.15) is 5.82 Å². The van der Waals surface area contributed by atoms with E-state index < -0.39 is 0 Å². The van der Waals surface area contributed by atoms with E-state index in [1.165, 1.54) is 0 Å². The Kier molecular flexibility index (Phi) is 2.03. The van der Waals surface area contributed by atoms with Crippen LogP contribution in [-0.2, 0) is 0 Å². The van der Waals surface area contributed by atoms with Gasteiger partial charge in [-0.3, -0.25) is 0 Å². The van der Waals surface area contributed by atoms with Crippen molar-refractivity contribution >= 4 is 16.9 Å². The molecule has 3 rings (SSSR count). The SMILES string of the molecule is c1cc2cnoc2nc1N1CCNCC1. The average Bonchev–Trinajstić information content (AvgIpc) is 2.77. The predicted molar refractivity (Wildman–Crippen MR) is 56.9 cm³/mol. The highest BCUT2D eigenvalue weighted by atomic mass is 16.5. The summed E-state index contributed by atoms with van der Waals surface area (Å²) < 4.78 is 5.05. The van der Waals surface area contributed by atoms with Crippen molar-refractivity contribution in [1.82, 2.24) is 15.5 Å². The molecule has 5 nitrogen and oxygen atoms in total. The Labute approximate surface area is 87.1 Å². The summed E-state index contributed by atoms with van der Waals surface area (Å²) in [5.74, 6) is 0.973. The molecule has 2 aromatic heterocycles. The van der Waals surface area contributed by atoms with Crippen molar-refractivity contribution in [3.63, 3.8) is 0 Å². The van der Waals surface area contributed by atoms with E-state index in [4.69, 9.17) is 4.52 Å². The minimum atomic E-state index is 0.617. The second kappa shape index (κ2) is 3.51. The molecule has 15 heavy (non-hydrogen) atoms. The van der Waals surface area contributed by atoms with E-state index in [0.29, 0.717) is 5.71 Å². The third-order valence-electron chi connectivity index (χ3n) is 2.65. The van der Waals surface area contributed by atoms with Crippen LogP contribution >= 0.6 is 0 Å². The second-order valence-corrected chi connectivity index (χ2v) is 3.63. The van der Waals surface area contributed by atoms with Crippen LogP contribution < -0.4 is 10.2 Å². The van der Waals surface area contributed by atoms with Gasteiger partial charge in [-0.2, -0.15) is 4.98 Å². The summed E-state index contributed by atoms with van der Waals surface area (Å²) in [6, 6.07) is 4.01. The van der Waals surface area contributed by atoms with Crippen LogP contribution in [0.15, 0.2) is 22.9 Å². The molecule has 0 saturated carbocycles. The summed E-state index contributed by atoms with van der Waals surface area (Å²) in [7, 11) is 0. The molecule has 1 aliphatic rings. The molecule has 1 fully saturated rings. The van der Waals surface area contributed by atoms with E-state index in [-0.39, 0.29) is 0 Å². The van der Waals surface area contributed by atoms with E-state index >= 15 is 0 Å². The van der Waals surface area contributed by atoms with Crippen LogP contribution in [0, 0.1) is 0 Å². The van der Waals surface area contributed by atoms with Crippen molar-refractivity contribution in [1.29, 1.82) is 0 Å². The first-order valence-corrected chi connectivity index (χ1v) is 5.10. The van der Waals surface area contributed by atoms with Crippen molar-refractivity contribution < 1.29 is 4.52 Å². The summed E-state index contributed by atoms with van der Waals surface area (Å²) in [5.41, 5.74) is 0.617. The topological polar surface area (TPSA) is 54.2 Å². The second-order valence-electron chi connectivity index (χ2n) is 3.63. The van der Waals surface area contributed by atoms with E-state index in [9.17, 15) is 0 Å². The Morgan fingerprint density at radius 3 is 3.00 bits per heavy atom. The molecule has 2 aromatic rings. The first kappa shape index (κ1) is 8.67. The minimum Gasteiger partial charge on any atom is -0.354 e. The molecule has 1 aliphatic heterocycles. The first-order valence-electron chi connectivity index (χ1n) is 5.10. The van der Waals surface area contributed by atoms with Crippen LogP contribution in [0.5, 0.6) is 0 Å². The van der Waals surface area contributed by atoms with Crippen molar-refractivity contribution in [2.75, 3.05) is 31.1 Å². The number of piperazine rings is 1. The number of rotatable bonds is 1. The van der Waals surface area contributed by atoms with Gasteiger partial charge in [-0.15, -0.1) is 0 Å². The van der Waals surface area contributed by atoms with E-state index in [0.717, 1.165) is 37.4 Å². The normalized spacial score (nSPS) is 17.2. The molecule has 1 saturated heterocycles. The van der Waals surface area contributed by atoms with Crippen molar-refractivity contribution in [3.05, 3.63) is 18.3 Å². The Balaban J connectivity index is 1.95. The predicted octanol–water partition coefficient (Wildman–Crippen LogP) is 0.632. The van der Waals surface area contributed by atoms with Gasteiger partial charge < -0.3 is 14.7 Å². The highest BCUT2D eigenvalue weighted by molar-refractivity contribution is 5.73. The van der Waals surface area contributed by atoms with Crippen molar-refractivity contribution in [3.8, 4) is 0 Å². The lowest BCUT2D eigenvalue weighted by atomic mass is 10.3. The van der Waals surface area contributed by atoms with Crippen LogP contribution in [0.4, 0.5) is 5.82 Å². The summed E-state index contributed by atoms with van der Waals surface area (Å²) in [6.07, 6.45) is 1.68. The fraction of sp³-hybridized carbons (Fsp3) is 0.400. The molecule has 3 heterocycles. The molecular formula is C10H12N4O. The van der Waals surface area contributed by atoms with Crippen LogP contribution in [0.2, 0.25) is 0 Å². The molecular weight excluding hydrogens is 192 g/mol. The highest BCUT2D eigenvalue weighted by Gasteiger charge is 2.12. The molecule has 78 valence electrons. The highest BCUT2D eigenvalue weighted by Crippen LogP contribution is 2.17.